The lowest BCUT2D eigenvalue weighted by Crippen LogP contribution is -2.35. The van der Waals surface area contributed by atoms with Crippen LogP contribution in [0.25, 0.3) is 0 Å². The lowest BCUT2D eigenvalue weighted by Gasteiger charge is -2.22. The maximum absolute atomic E-state index is 13.1. The molecule has 9 heteroatoms. The van der Waals surface area contributed by atoms with Gasteiger partial charge in [0.25, 0.3) is 14.4 Å². The normalized spacial score (nSPS) is 17.0. The van der Waals surface area contributed by atoms with Crippen molar-refractivity contribution in [2.45, 2.75) is 44.5 Å². The Morgan fingerprint density at radius 2 is 2.08 bits per heavy atom. The highest BCUT2D eigenvalue weighted by molar-refractivity contribution is 7.94. The molecule has 1 atom stereocenters. The van der Waals surface area contributed by atoms with E-state index in [1.165, 1.54) is 4.31 Å². The second-order valence-corrected chi connectivity index (χ2v) is 9.47. The minimum Gasteiger partial charge on any atom is -0.300 e. The van der Waals surface area contributed by atoms with E-state index in [0.717, 1.165) is 22.5 Å². The van der Waals surface area contributed by atoms with Crippen LogP contribution in [0.2, 0.25) is 0 Å². The Bertz CT molecular complexity index is 921. The van der Waals surface area contributed by atoms with Crippen molar-refractivity contribution in [1.29, 1.82) is 0 Å². The fourth-order valence-corrected chi connectivity index (χ4v) is 5.42. The van der Waals surface area contributed by atoms with E-state index < -0.39 is 10.0 Å². The topological polar surface area (TPSA) is 92.3 Å². The van der Waals surface area contributed by atoms with Gasteiger partial charge in [0.05, 0.1) is 5.69 Å². The molecule has 0 bridgehead atoms. The van der Waals surface area contributed by atoms with Crippen LogP contribution in [0.15, 0.2) is 22.5 Å². The van der Waals surface area contributed by atoms with Gasteiger partial charge in [0, 0.05) is 12.0 Å². The lowest BCUT2D eigenvalue weighted by atomic mass is 10.1. The second-order valence-electron chi connectivity index (χ2n) is 6.50. The Hall–Kier alpha value is -2.00. The van der Waals surface area contributed by atoms with Gasteiger partial charge in [-0.2, -0.15) is 8.42 Å². The summed E-state index contributed by atoms with van der Waals surface area (Å²) in [4.78, 5) is 11.7. The lowest BCUT2D eigenvalue weighted by molar-refractivity contribution is -0.118. The van der Waals surface area contributed by atoms with Crippen LogP contribution in [0.3, 0.4) is 0 Å². The number of aryl methyl sites for hydroxylation is 1. The number of sulfonamides is 1. The number of anilines is 2. The molecule has 0 aliphatic carbocycles. The molecule has 1 aromatic carbocycles. The summed E-state index contributed by atoms with van der Waals surface area (Å²) in [6, 6.07) is 5.62. The minimum absolute atomic E-state index is 0.118. The molecular weight excluding hydrogens is 360 g/mol. The molecule has 134 valence electrons. The third kappa shape index (κ3) is 3.25. The Kier molecular flexibility index (Phi) is 4.54. The summed E-state index contributed by atoms with van der Waals surface area (Å²) in [6.45, 7) is 7.30. The van der Waals surface area contributed by atoms with E-state index in [9.17, 15) is 13.2 Å². The highest BCUT2D eigenvalue weighted by Crippen LogP contribution is 2.38. The number of hydrogen-bond donors (Lipinski definition) is 1. The number of nitrogens with one attached hydrogen (secondary N) is 1. The fraction of sp³-hybridized carbons (Fsp3) is 0.438. The average molecular weight is 380 g/mol. The fourth-order valence-electron chi connectivity index (χ4n) is 2.76. The zero-order valence-corrected chi connectivity index (χ0v) is 16.1. The predicted octanol–water partition coefficient (Wildman–Crippen LogP) is 2.58. The molecule has 3 rings (SSSR count). The highest BCUT2D eigenvalue weighted by Gasteiger charge is 2.38. The first-order valence-electron chi connectivity index (χ1n) is 7.98. The van der Waals surface area contributed by atoms with Crippen LogP contribution in [0, 0.1) is 12.8 Å². The summed E-state index contributed by atoms with van der Waals surface area (Å²) in [5.74, 6) is -0.451. The molecule has 25 heavy (non-hydrogen) atoms. The summed E-state index contributed by atoms with van der Waals surface area (Å²) >= 11 is 0.870. The first-order chi connectivity index (χ1) is 11.7. The van der Waals surface area contributed by atoms with Gasteiger partial charge in [-0.05, 0) is 37.5 Å². The Morgan fingerprint density at radius 1 is 1.36 bits per heavy atom. The van der Waals surface area contributed by atoms with Gasteiger partial charge >= 0.3 is 0 Å². The van der Waals surface area contributed by atoms with E-state index in [-0.39, 0.29) is 27.3 Å². The summed E-state index contributed by atoms with van der Waals surface area (Å²) in [5.41, 5.74) is 2.69. The summed E-state index contributed by atoms with van der Waals surface area (Å²) < 4.78 is 27.4. The number of nitrogens with zero attached hydrogens (tertiary/aromatic N) is 3. The molecule has 1 amide bonds. The Morgan fingerprint density at radius 3 is 2.76 bits per heavy atom. The standard InChI is InChI=1S/C16H20N4O3S2/c1-9(2)14(21)17-15-18-19-16(24-15)25(22,23)20-11(4)8-12-6-5-10(3)7-13(12)20/h5-7,9,11H,8H2,1-4H3,(H,17,18,21). The van der Waals surface area contributed by atoms with Crippen molar-refractivity contribution in [2.24, 2.45) is 5.92 Å². The SMILES string of the molecule is Cc1ccc2c(c1)N(S(=O)(=O)c1nnc(NC(=O)C(C)C)s1)C(C)C2. The van der Waals surface area contributed by atoms with Crippen molar-refractivity contribution >= 4 is 38.1 Å². The molecule has 1 aliphatic rings. The van der Waals surface area contributed by atoms with Crippen LogP contribution in [-0.4, -0.2) is 30.6 Å². The molecule has 0 fully saturated rings. The number of benzene rings is 1. The van der Waals surface area contributed by atoms with Crippen LogP contribution >= 0.6 is 11.3 Å². The molecule has 0 spiro atoms. The number of carbonyl (C=O) groups excluding carboxylic acids is 1. The number of aromatic nitrogens is 2. The molecule has 1 aromatic heterocycles. The van der Waals surface area contributed by atoms with E-state index in [1.807, 2.05) is 32.0 Å². The Labute approximate surface area is 151 Å². The van der Waals surface area contributed by atoms with Crippen molar-refractivity contribution < 1.29 is 13.2 Å². The van der Waals surface area contributed by atoms with E-state index in [4.69, 9.17) is 0 Å². The molecule has 0 saturated carbocycles. The maximum Gasteiger partial charge on any atom is 0.293 e. The monoisotopic (exact) mass is 380 g/mol. The van der Waals surface area contributed by atoms with E-state index in [0.29, 0.717) is 12.1 Å². The quantitative estimate of drug-likeness (QED) is 0.823. The summed E-state index contributed by atoms with van der Waals surface area (Å²) in [7, 11) is -3.83. The first-order valence-corrected chi connectivity index (χ1v) is 10.2. The highest BCUT2D eigenvalue weighted by atomic mass is 32.2. The molecule has 0 radical (unpaired) electrons. The van der Waals surface area contributed by atoms with Crippen molar-refractivity contribution in [3.63, 3.8) is 0 Å². The van der Waals surface area contributed by atoms with Crippen molar-refractivity contribution in [3.8, 4) is 0 Å². The molecule has 1 N–H and O–H groups in total. The number of hydrogen-bond acceptors (Lipinski definition) is 6. The van der Waals surface area contributed by atoms with Crippen LogP contribution in [0.4, 0.5) is 10.8 Å². The molecular formula is C16H20N4O3S2. The number of rotatable bonds is 4. The summed E-state index contributed by atoms with van der Waals surface area (Å²) in [5, 5.41) is 10.4. The summed E-state index contributed by atoms with van der Waals surface area (Å²) in [6.07, 6.45) is 0.657. The van der Waals surface area contributed by atoms with E-state index in [1.54, 1.807) is 13.8 Å². The Balaban J connectivity index is 1.94. The maximum atomic E-state index is 13.1. The number of carbonyl (C=O) groups is 1. The molecule has 2 heterocycles. The van der Waals surface area contributed by atoms with Crippen LogP contribution < -0.4 is 9.62 Å². The minimum atomic E-state index is -3.83. The van der Waals surface area contributed by atoms with Gasteiger partial charge < -0.3 is 5.32 Å². The van der Waals surface area contributed by atoms with Gasteiger partial charge in [0.15, 0.2) is 0 Å². The van der Waals surface area contributed by atoms with Crippen molar-refractivity contribution in [1.82, 2.24) is 10.2 Å². The van der Waals surface area contributed by atoms with Gasteiger partial charge in [-0.3, -0.25) is 9.10 Å². The van der Waals surface area contributed by atoms with Gasteiger partial charge in [0.1, 0.15) is 0 Å². The zero-order chi connectivity index (χ0) is 18.4. The van der Waals surface area contributed by atoms with Crippen molar-refractivity contribution in [3.05, 3.63) is 29.3 Å². The zero-order valence-electron chi connectivity index (χ0n) is 14.5. The number of fused-ring (bicyclic) bond motifs is 1. The molecule has 7 nitrogen and oxygen atoms in total. The molecule has 1 aliphatic heterocycles. The average Bonchev–Trinajstić information content (AvgIpc) is 3.11. The van der Waals surface area contributed by atoms with Crippen molar-refractivity contribution in [2.75, 3.05) is 9.62 Å². The molecule has 2 aromatic rings. The van der Waals surface area contributed by atoms with Gasteiger partial charge in [-0.25, -0.2) is 0 Å². The predicted molar refractivity (Wildman–Crippen MR) is 97.4 cm³/mol. The van der Waals surface area contributed by atoms with Crippen LogP contribution in [0.5, 0.6) is 0 Å². The van der Waals surface area contributed by atoms with Crippen LogP contribution in [-0.2, 0) is 21.2 Å². The molecule has 1 unspecified atom stereocenters. The van der Waals surface area contributed by atoms with Gasteiger partial charge in [0.2, 0.25) is 11.0 Å². The van der Waals surface area contributed by atoms with E-state index in [2.05, 4.69) is 15.5 Å². The second kappa shape index (κ2) is 6.38. The van der Waals surface area contributed by atoms with Gasteiger partial charge in [-0.1, -0.05) is 37.3 Å². The van der Waals surface area contributed by atoms with Crippen LogP contribution in [0.1, 0.15) is 31.9 Å². The third-order valence-corrected chi connectivity index (χ3v) is 7.15. The molecule has 0 saturated heterocycles. The first kappa shape index (κ1) is 17.8. The van der Waals surface area contributed by atoms with E-state index >= 15 is 0 Å². The number of amides is 1. The van der Waals surface area contributed by atoms with Gasteiger partial charge in [-0.15, -0.1) is 10.2 Å². The largest absolute Gasteiger partial charge is 0.300 e. The third-order valence-electron chi connectivity index (χ3n) is 4.03. The smallest absolute Gasteiger partial charge is 0.293 e.